The van der Waals surface area contributed by atoms with Crippen LogP contribution in [0.4, 0.5) is 0 Å². The Kier molecular flexibility index (Phi) is 3.98. The summed E-state index contributed by atoms with van der Waals surface area (Å²) < 4.78 is 1.75. The van der Waals surface area contributed by atoms with Gasteiger partial charge in [0.2, 0.25) is 0 Å². The number of phenolic OH excluding ortho intramolecular Hbond substituents is 1. The summed E-state index contributed by atoms with van der Waals surface area (Å²) >= 11 is 1.76. The minimum atomic E-state index is 0.289. The fraction of sp³-hybridized carbons (Fsp3) is 0.235. The first-order valence-electron chi connectivity index (χ1n) is 7.19. The number of hydrogen-bond acceptors (Lipinski definition) is 3. The average Bonchev–Trinajstić information content (AvgIpc) is 2.98. The van der Waals surface area contributed by atoms with Gasteiger partial charge in [-0.25, -0.2) is 4.98 Å². The lowest BCUT2D eigenvalue weighted by Crippen LogP contribution is -2.44. The number of nitrogens with zero attached hydrogens (tertiary/aromatic N) is 1. The number of nitrogens with one attached hydrogen (secondary N) is 1. The van der Waals surface area contributed by atoms with Crippen LogP contribution in [0.25, 0.3) is 22.2 Å². The van der Waals surface area contributed by atoms with Crippen LogP contribution in [0, 0.1) is 6.92 Å². The first-order valence-corrected chi connectivity index (χ1v) is 8.17. The normalized spacial score (nSPS) is 11.0. The monoisotopic (exact) mass is 315 g/mol. The maximum absolute atomic E-state index is 10.3. The van der Waals surface area contributed by atoms with E-state index in [1.54, 1.807) is 29.7 Å². The molecule has 2 N–H and O–H groups in total. The van der Waals surface area contributed by atoms with Gasteiger partial charge in [0.25, 0.3) is 0 Å². The zero-order valence-corrected chi connectivity index (χ0v) is 13.7. The first kappa shape index (κ1) is 14.8. The number of phenols is 1. The van der Waals surface area contributed by atoms with Crippen molar-refractivity contribution in [2.75, 3.05) is 12.9 Å². The van der Waals surface area contributed by atoms with Gasteiger partial charge in [-0.2, -0.15) is 0 Å². The number of hydrogen-bond donors (Lipinski definition) is 2. The highest BCUT2D eigenvalue weighted by molar-refractivity contribution is 7.99. The van der Waals surface area contributed by atoms with Crippen molar-refractivity contribution in [1.82, 2.24) is 4.98 Å². The number of rotatable bonds is 4. The van der Waals surface area contributed by atoms with Crippen molar-refractivity contribution in [1.29, 1.82) is 0 Å². The number of fused-ring (bicyclic) bond motifs is 1. The van der Waals surface area contributed by atoms with Gasteiger partial charge < -0.3 is 9.94 Å². The van der Waals surface area contributed by atoms with Gasteiger partial charge in [-0.1, -0.05) is 6.92 Å². The van der Waals surface area contributed by atoms with Crippen molar-refractivity contribution in [3.63, 3.8) is 0 Å². The Morgan fingerprint density at radius 1 is 1.23 bits per heavy atom. The van der Waals surface area contributed by atoms with E-state index >= 15 is 0 Å². The molecule has 1 aromatic carbocycles. The quantitative estimate of drug-likeness (QED) is 0.574. The van der Waals surface area contributed by atoms with E-state index in [9.17, 15) is 5.11 Å². The fourth-order valence-corrected chi connectivity index (χ4v) is 3.41. The molecule has 0 amide bonds. The molecule has 4 nitrogen and oxygen atoms in total. The van der Waals surface area contributed by atoms with E-state index in [0.717, 1.165) is 38.5 Å². The van der Waals surface area contributed by atoms with Crippen LogP contribution in [0.3, 0.4) is 0 Å². The van der Waals surface area contributed by atoms with E-state index < -0.39 is 0 Å². The molecular formula is C17H19N2O2S+. The smallest absolute Gasteiger partial charge is 0.326 e. The standard InChI is InChI=1S/C17H18N2O2S/c1-4-22-12-5-6-16(20)15(10-12)14-9-11(2)19(21-3)17-13(14)7-8-18-17/h5-10H,4H2,1-3H3,(H,18,20)/p+1. The minimum absolute atomic E-state index is 0.289. The molecule has 0 fully saturated rings. The number of H-pyrrole nitrogens is 1. The number of aryl methyl sites for hydroxylation is 1. The van der Waals surface area contributed by atoms with Crippen LogP contribution < -0.4 is 9.57 Å². The zero-order valence-electron chi connectivity index (χ0n) is 12.9. The summed E-state index contributed by atoms with van der Waals surface area (Å²) in [5.74, 6) is 1.29. The van der Waals surface area contributed by atoms with Crippen LogP contribution >= 0.6 is 11.8 Å². The number of thioether (sulfide) groups is 1. The lowest BCUT2D eigenvalue weighted by Gasteiger charge is -2.10. The van der Waals surface area contributed by atoms with Crippen molar-refractivity contribution in [3.8, 4) is 16.9 Å². The maximum atomic E-state index is 10.3. The van der Waals surface area contributed by atoms with Gasteiger partial charge in [-0.3, -0.25) is 0 Å². The molecule has 114 valence electrons. The SMILES string of the molecule is CCSc1ccc(O)c(-c2cc(C)[n+](OC)c3[nH]ccc23)c1. The van der Waals surface area contributed by atoms with Crippen LogP contribution in [-0.4, -0.2) is 23.0 Å². The van der Waals surface area contributed by atoms with Gasteiger partial charge in [0.05, 0.1) is 11.6 Å². The Hall–Kier alpha value is -2.14. The lowest BCUT2D eigenvalue weighted by atomic mass is 10.0. The van der Waals surface area contributed by atoms with Crippen molar-refractivity contribution >= 4 is 22.8 Å². The second-order valence-electron chi connectivity index (χ2n) is 5.03. The van der Waals surface area contributed by atoms with Gasteiger partial charge in [0.1, 0.15) is 18.6 Å². The Bertz CT molecular complexity index is 827. The largest absolute Gasteiger partial charge is 0.507 e. The highest BCUT2D eigenvalue weighted by atomic mass is 32.2. The summed E-state index contributed by atoms with van der Waals surface area (Å²) in [4.78, 5) is 9.77. The molecule has 3 rings (SSSR count). The molecule has 0 saturated heterocycles. The predicted octanol–water partition coefficient (Wildman–Crippen LogP) is 3.31. The molecule has 0 atom stereocenters. The second kappa shape index (κ2) is 5.93. The Morgan fingerprint density at radius 3 is 2.77 bits per heavy atom. The second-order valence-corrected chi connectivity index (χ2v) is 6.37. The Labute approximate surface area is 133 Å². The molecule has 3 aromatic rings. The van der Waals surface area contributed by atoms with E-state index in [0.29, 0.717) is 0 Å². The third kappa shape index (κ3) is 2.41. The summed E-state index contributed by atoms with van der Waals surface area (Å²) in [6.45, 7) is 4.10. The number of aromatic amines is 1. The van der Waals surface area contributed by atoms with E-state index in [2.05, 4.69) is 11.9 Å². The highest BCUT2D eigenvalue weighted by Gasteiger charge is 2.19. The van der Waals surface area contributed by atoms with Crippen LogP contribution in [0.5, 0.6) is 5.75 Å². The molecule has 2 heterocycles. The average molecular weight is 315 g/mol. The van der Waals surface area contributed by atoms with Crippen molar-refractivity contribution in [3.05, 3.63) is 42.2 Å². The number of pyridine rings is 1. The number of aromatic nitrogens is 2. The van der Waals surface area contributed by atoms with Crippen molar-refractivity contribution in [2.24, 2.45) is 0 Å². The third-order valence-electron chi connectivity index (χ3n) is 3.64. The molecule has 0 saturated carbocycles. The maximum Gasteiger partial charge on any atom is 0.326 e. The molecule has 0 aliphatic rings. The molecule has 0 aliphatic carbocycles. The van der Waals surface area contributed by atoms with E-state index in [1.807, 2.05) is 37.4 Å². The fourth-order valence-electron chi connectivity index (χ4n) is 2.71. The molecule has 0 radical (unpaired) electrons. The highest BCUT2D eigenvalue weighted by Crippen LogP contribution is 2.36. The van der Waals surface area contributed by atoms with Gasteiger partial charge in [0, 0.05) is 22.9 Å². The molecule has 0 spiro atoms. The van der Waals surface area contributed by atoms with E-state index in [-0.39, 0.29) is 5.75 Å². The molecule has 0 bridgehead atoms. The van der Waals surface area contributed by atoms with Crippen LogP contribution in [-0.2, 0) is 0 Å². The van der Waals surface area contributed by atoms with E-state index in [1.165, 1.54) is 0 Å². The Balaban J connectivity index is 2.27. The minimum Gasteiger partial charge on any atom is -0.507 e. The van der Waals surface area contributed by atoms with Gasteiger partial charge in [0.15, 0.2) is 0 Å². The van der Waals surface area contributed by atoms with Gasteiger partial charge in [-0.05, 0) is 40.8 Å². The zero-order chi connectivity index (χ0) is 15.7. The molecule has 22 heavy (non-hydrogen) atoms. The molecule has 2 aromatic heterocycles. The topological polar surface area (TPSA) is 49.1 Å². The van der Waals surface area contributed by atoms with Crippen molar-refractivity contribution in [2.45, 2.75) is 18.7 Å². The van der Waals surface area contributed by atoms with Crippen LogP contribution in [0.1, 0.15) is 12.6 Å². The summed E-state index contributed by atoms with van der Waals surface area (Å²) in [6, 6.07) is 9.79. The van der Waals surface area contributed by atoms with E-state index in [4.69, 9.17) is 4.84 Å². The third-order valence-corrected chi connectivity index (χ3v) is 4.52. The number of aromatic hydroxyl groups is 1. The van der Waals surface area contributed by atoms with Gasteiger partial charge in [-0.15, -0.1) is 11.8 Å². The van der Waals surface area contributed by atoms with Gasteiger partial charge >= 0.3 is 5.65 Å². The summed E-state index contributed by atoms with van der Waals surface area (Å²) in [7, 11) is 1.64. The summed E-state index contributed by atoms with van der Waals surface area (Å²) in [6.07, 6.45) is 1.88. The lowest BCUT2D eigenvalue weighted by molar-refractivity contribution is -0.870. The predicted molar refractivity (Wildman–Crippen MR) is 89.2 cm³/mol. The summed E-state index contributed by atoms with van der Waals surface area (Å²) in [5, 5.41) is 11.3. The molecular weight excluding hydrogens is 296 g/mol. The summed E-state index contributed by atoms with van der Waals surface area (Å²) in [5.41, 5.74) is 3.68. The molecule has 0 unspecified atom stereocenters. The molecule has 5 heteroatoms. The Morgan fingerprint density at radius 2 is 2.05 bits per heavy atom. The van der Waals surface area contributed by atoms with Crippen LogP contribution in [0.15, 0.2) is 41.4 Å². The van der Waals surface area contributed by atoms with Crippen LogP contribution in [0.2, 0.25) is 0 Å². The molecule has 0 aliphatic heterocycles. The first-order chi connectivity index (χ1) is 10.7. The van der Waals surface area contributed by atoms with Crippen molar-refractivity contribution < 1.29 is 14.7 Å². The number of benzene rings is 1.